The third-order valence-corrected chi connectivity index (χ3v) is 3.24. The molecule has 0 fully saturated rings. The molecular weight excluding hydrogens is 266 g/mol. The van der Waals surface area contributed by atoms with Crippen LogP contribution in [0.1, 0.15) is 18.1 Å². The van der Waals surface area contributed by atoms with Crippen molar-refractivity contribution in [3.63, 3.8) is 0 Å². The van der Waals surface area contributed by atoms with Gasteiger partial charge in [-0.3, -0.25) is 0 Å². The summed E-state index contributed by atoms with van der Waals surface area (Å²) < 4.78 is 10.6. The molecule has 0 heterocycles. The van der Waals surface area contributed by atoms with Crippen LogP contribution in [0.5, 0.6) is 11.5 Å². The van der Waals surface area contributed by atoms with Gasteiger partial charge in [-0.15, -0.1) is 0 Å². The molecule has 2 rings (SSSR count). The van der Waals surface area contributed by atoms with Gasteiger partial charge >= 0.3 is 0 Å². The van der Waals surface area contributed by atoms with Crippen LogP contribution in [0, 0.1) is 0 Å². The zero-order chi connectivity index (χ0) is 15.1. The Morgan fingerprint density at radius 1 is 1.10 bits per heavy atom. The Morgan fingerprint density at radius 2 is 1.90 bits per heavy atom. The van der Waals surface area contributed by atoms with Gasteiger partial charge in [0.2, 0.25) is 0 Å². The standard InChI is InChI=1S/C17H21NO3/c1-3-21-12-13-6-4-5-7-16(13)18-11-14-10-15(20-2)8-9-17(14)19/h4-10,18-19H,3,11-12H2,1-2H3. The van der Waals surface area contributed by atoms with Gasteiger partial charge < -0.3 is 19.9 Å². The van der Waals surface area contributed by atoms with Crippen molar-refractivity contribution in [2.75, 3.05) is 19.0 Å². The van der Waals surface area contributed by atoms with E-state index < -0.39 is 0 Å². The van der Waals surface area contributed by atoms with Gasteiger partial charge in [0, 0.05) is 30.0 Å². The van der Waals surface area contributed by atoms with E-state index in [1.54, 1.807) is 19.2 Å². The van der Waals surface area contributed by atoms with Crippen molar-refractivity contribution in [1.82, 2.24) is 0 Å². The van der Waals surface area contributed by atoms with Gasteiger partial charge in [-0.25, -0.2) is 0 Å². The Morgan fingerprint density at radius 3 is 2.67 bits per heavy atom. The third-order valence-electron chi connectivity index (χ3n) is 3.24. The van der Waals surface area contributed by atoms with Crippen LogP contribution < -0.4 is 10.1 Å². The maximum absolute atomic E-state index is 9.90. The number of phenols is 1. The van der Waals surface area contributed by atoms with Crippen LogP contribution in [-0.2, 0) is 17.9 Å². The highest BCUT2D eigenvalue weighted by Gasteiger charge is 2.05. The predicted octanol–water partition coefficient (Wildman–Crippen LogP) is 3.55. The summed E-state index contributed by atoms with van der Waals surface area (Å²) >= 11 is 0. The predicted molar refractivity (Wildman–Crippen MR) is 83.8 cm³/mol. The molecule has 2 N–H and O–H groups in total. The topological polar surface area (TPSA) is 50.7 Å². The first-order valence-corrected chi connectivity index (χ1v) is 7.00. The number of hydrogen-bond acceptors (Lipinski definition) is 4. The van der Waals surface area contributed by atoms with Gasteiger partial charge in [0.1, 0.15) is 11.5 Å². The monoisotopic (exact) mass is 287 g/mol. The SMILES string of the molecule is CCOCc1ccccc1NCc1cc(OC)ccc1O. The van der Waals surface area contributed by atoms with Crippen LogP contribution >= 0.6 is 0 Å². The highest BCUT2D eigenvalue weighted by molar-refractivity contribution is 5.52. The number of rotatable bonds is 7. The smallest absolute Gasteiger partial charge is 0.120 e. The molecule has 2 aromatic carbocycles. The van der Waals surface area contributed by atoms with Gasteiger partial charge in [-0.05, 0) is 31.2 Å². The van der Waals surface area contributed by atoms with Gasteiger partial charge in [0.05, 0.1) is 13.7 Å². The highest BCUT2D eigenvalue weighted by atomic mass is 16.5. The van der Waals surface area contributed by atoms with Crippen molar-refractivity contribution in [3.05, 3.63) is 53.6 Å². The maximum atomic E-state index is 9.90. The Balaban J connectivity index is 2.09. The zero-order valence-corrected chi connectivity index (χ0v) is 12.4. The number of benzene rings is 2. The molecule has 21 heavy (non-hydrogen) atoms. The molecule has 0 saturated carbocycles. The summed E-state index contributed by atoms with van der Waals surface area (Å²) in [5.41, 5.74) is 2.90. The van der Waals surface area contributed by atoms with Crippen LogP contribution in [0.25, 0.3) is 0 Å². The minimum absolute atomic E-state index is 0.255. The van der Waals surface area contributed by atoms with Crippen LogP contribution in [0.3, 0.4) is 0 Å². The molecule has 0 spiro atoms. The van der Waals surface area contributed by atoms with Gasteiger partial charge in [0.15, 0.2) is 0 Å². The van der Waals surface area contributed by atoms with E-state index in [4.69, 9.17) is 9.47 Å². The number of hydrogen-bond donors (Lipinski definition) is 2. The quantitative estimate of drug-likeness (QED) is 0.817. The van der Waals surface area contributed by atoms with Crippen molar-refractivity contribution in [2.24, 2.45) is 0 Å². The lowest BCUT2D eigenvalue weighted by molar-refractivity contribution is 0.134. The molecule has 0 amide bonds. The fourth-order valence-corrected chi connectivity index (χ4v) is 2.05. The second-order valence-electron chi connectivity index (χ2n) is 4.64. The molecular formula is C17H21NO3. The van der Waals surface area contributed by atoms with Gasteiger partial charge in [-0.1, -0.05) is 18.2 Å². The molecule has 4 nitrogen and oxygen atoms in total. The van der Waals surface area contributed by atoms with Crippen molar-refractivity contribution < 1.29 is 14.6 Å². The number of phenolic OH excluding ortho intramolecular Hbond substituents is 1. The molecule has 2 aromatic rings. The fraction of sp³-hybridized carbons (Fsp3) is 0.294. The minimum atomic E-state index is 0.255. The van der Waals surface area contributed by atoms with E-state index in [0.29, 0.717) is 19.8 Å². The summed E-state index contributed by atoms with van der Waals surface area (Å²) in [6.07, 6.45) is 0. The molecule has 112 valence electrons. The average molecular weight is 287 g/mol. The lowest BCUT2D eigenvalue weighted by Crippen LogP contribution is -2.04. The largest absolute Gasteiger partial charge is 0.508 e. The van der Waals surface area contributed by atoms with E-state index in [-0.39, 0.29) is 5.75 Å². The average Bonchev–Trinajstić information content (AvgIpc) is 2.53. The Kier molecular flexibility index (Phi) is 5.46. The molecule has 0 saturated heterocycles. The summed E-state index contributed by atoms with van der Waals surface area (Å²) in [7, 11) is 1.61. The first-order valence-electron chi connectivity index (χ1n) is 7.00. The van der Waals surface area contributed by atoms with Crippen LogP contribution in [0.15, 0.2) is 42.5 Å². The number of aromatic hydroxyl groups is 1. The van der Waals surface area contributed by atoms with E-state index in [9.17, 15) is 5.11 Å². The fourth-order valence-electron chi connectivity index (χ4n) is 2.05. The Bertz CT molecular complexity index is 584. The Labute approximate surface area is 125 Å². The molecule has 0 unspecified atom stereocenters. The number of anilines is 1. The van der Waals surface area contributed by atoms with E-state index in [1.165, 1.54) is 0 Å². The van der Waals surface area contributed by atoms with E-state index in [1.807, 2.05) is 37.3 Å². The molecule has 0 radical (unpaired) electrons. The summed E-state index contributed by atoms with van der Waals surface area (Å²) in [5, 5.41) is 13.2. The highest BCUT2D eigenvalue weighted by Crippen LogP contribution is 2.24. The molecule has 0 aliphatic heterocycles. The first-order chi connectivity index (χ1) is 10.2. The zero-order valence-electron chi connectivity index (χ0n) is 12.4. The summed E-state index contributed by atoms with van der Waals surface area (Å²) in [6, 6.07) is 13.2. The molecule has 0 aliphatic carbocycles. The molecule has 0 aliphatic rings. The van der Waals surface area contributed by atoms with E-state index in [0.717, 1.165) is 22.6 Å². The van der Waals surface area contributed by atoms with E-state index in [2.05, 4.69) is 5.32 Å². The van der Waals surface area contributed by atoms with Crippen LogP contribution in [0.4, 0.5) is 5.69 Å². The maximum Gasteiger partial charge on any atom is 0.120 e. The summed E-state index contributed by atoms with van der Waals surface area (Å²) in [4.78, 5) is 0. The van der Waals surface area contributed by atoms with Gasteiger partial charge in [-0.2, -0.15) is 0 Å². The molecule has 4 heteroatoms. The van der Waals surface area contributed by atoms with E-state index >= 15 is 0 Å². The normalized spacial score (nSPS) is 10.4. The van der Waals surface area contributed by atoms with Crippen molar-refractivity contribution in [2.45, 2.75) is 20.1 Å². The number of ether oxygens (including phenoxy) is 2. The molecule has 0 atom stereocenters. The lowest BCUT2D eigenvalue weighted by Gasteiger charge is -2.13. The second-order valence-corrected chi connectivity index (χ2v) is 4.64. The van der Waals surface area contributed by atoms with Gasteiger partial charge in [0.25, 0.3) is 0 Å². The first kappa shape index (κ1) is 15.2. The number of para-hydroxylation sites is 1. The summed E-state index contributed by atoms with van der Waals surface area (Å²) in [5.74, 6) is 0.984. The van der Waals surface area contributed by atoms with Crippen LogP contribution in [-0.4, -0.2) is 18.8 Å². The second kappa shape index (κ2) is 7.55. The molecule has 0 bridgehead atoms. The minimum Gasteiger partial charge on any atom is -0.508 e. The molecule has 0 aromatic heterocycles. The van der Waals surface area contributed by atoms with Crippen molar-refractivity contribution in [3.8, 4) is 11.5 Å². The lowest BCUT2D eigenvalue weighted by atomic mass is 10.1. The number of nitrogens with one attached hydrogen (secondary N) is 1. The van der Waals surface area contributed by atoms with Crippen LogP contribution in [0.2, 0.25) is 0 Å². The third kappa shape index (κ3) is 4.13. The van der Waals surface area contributed by atoms with Crippen molar-refractivity contribution in [1.29, 1.82) is 0 Å². The Hall–Kier alpha value is -2.20. The summed E-state index contributed by atoms with van der Waals surface area (Å²) in [6.45, 7) is 3.76. The van der Waals surface area contributed by atoms with Crippen molar-refractivity contribution >= 4 is 5.69 Å². The number of methoxy groups -OCH3 is 1.